The Morgan fingerprint density at radius 2 is 1.70 bits per heavy atom. The molecule has 102 valence electrons. The summed E-state index contributed by atoms with van der Waals surface area (Å²) in [4.78, 5) is 23.3. The molecule has 2 rings (SSSR count). The van der Waals surface area contributed by atoms with Gasteiger partial charge in [-0.1, -0.05) is 24.3 Å². The highest BCUT2D eigenvalue weighted by Crippen LogP contribution is 2.18. The average molecular weight is 272 g/mol. The normalized spacial score (nSPS) is 10.1. The van der Waals surface area contributed by atoms with Gasteiger partial charge in [0.2, 0.25) is 0 Å². The Hall–Kier alpha value is -2.69. The first-order valence-corrected chi connectivity index (χ1v) is 5.96. The van der Waals surface area contributed by atoms with Gasteiger partial charge in [0.05, 0.1) is 16.8 Å². The SMILES string of the molecule is Cc1cccc(C(=O)Nc2ccccc2C(N)=O)c1F. The number of benzene rings is 2. The van der Waals surface area contributed by atoms with Gasteiger partial charge in [0.15, 0.2) is 0 Å². The molecule has 0 unspecified atom stereocenters. The number of hydrogen-bond donors (Lipinski definition) is 2. The highest BCUT2D eigenvalue weighted by atomic mass is 19.1. The molecule has 0 saturated heterocycles. The molecule has 20 heavy (non-hydrogen) atoms. The molecule has 0 aromatic heterocycles. The minimum Gasteiger partial charge on any atom is -0.366 e. The topological polar surface area (TPSA) is 72.2 Å². The van der Waals surface area contributed by atoms with E-state index in [9.17, 15) is 14.0 Å². The van der Waals surface area contributed by atoms with Gasteiger partial charge in [0.1, 0.15) is 5.82 Å². The van der Waals surface area contributed by atoms with Gasteiger partial charge in [-0.25, -0.2) is 4.39 Å². The van der Waals surface area contributed by atoms with Gasteiger partial charge in [0.25, 0.3) is 11.8 Å². The lowest BCUT2D eigenvalue weighted by atomic mass is 10.1. The van der Waals surface area contributed by atoms with Gasteiger partial charge in [0, 0.05) is 0 Å². The molecule has 0 heterocycles. The lowest BCUT2D eigenvalue weighted by molar-refractivity contribution is 0.100. The van der Waals surface area contributed by atoms with Crippen molar-refractivity contribution in [1.82, 2.24) is 0 Å². The van der Waals surface area contributed by atoms with E-state index < -0.39 is 17.6 Å². The van der Waals surface area contributed by atoms with E-state index in [1.54, 1.807) is 31.2 Å². The largest absolute Gasteiger partial charge is 0.366 e. The summed E-state index contributed by atoms with van der Waals surface area (Å²) in [5, 5.41) is 2.50. The molecule has 5 heteroatoms. The lowest BCUT2D eigenvalue weighted by Gasteiger charge is -2.10. The fourth-order valence-corrected chi connectivity index (χ4v) is 1.82. The number of primary amides is 1. The van der Waals surface area contributed by atoms with Crippen LogP contribution in [0, 0.1) is 12.7 Å². The van der Waals surface area contributed by atoms with Gasteiger partial charge in [-0.15, -0.1) is 0 Å². The molecule has 0 spiro atoms. The number of para-hydroxylation sites is 1. The second kappa shape index (κ2) is 5.52. The van der Waals surface area contributed by atoms with Gasteiger partial charge in [-0.3, -0.25) is 9.59 Å². The highest BCUT2D eigenvalue weighted by molar-refractivity contribution is 6.08. The molecule has 0 fully saturated rings. The summed E-state index contributed by atoms with van der Waals surface area (Å²) in [6.45, 7) is 1.57. The number of rotatable bonds is 3. The Morgan fingerprint density at radius 3 is 2.40 bits per heavy atom. The average Bonchev–Trinajstić information content (AvgIpc) is 2.42. The van der Waals surface area contributed by atoms with Crippen LogP contribution in [0.3, 0.4) is 0 Å². The van der Waals surface area contributed by atoms with Crippen LogP contribution in [0.5, 0.6) is 0 Å². The van der Waals surface area contributed by atoms with E-state index in [-0.39, 0.29) is 16.8 Å². The number of carbonyl (C=O) groups is 2. The molecule has 2 aromatic rings. The quantitative estimate of drug-likeness (QED) is 0.901. The Labute approximate surface area is 115 Å². The van der Waals surface area contributed by atoms with Crippen LogP contribution in [0.15, 0.2) is 42.5 Å². The Bertz CT molecular complexity index is 683. The lowest BCUT2D eigenvalue weighted by Crippen LogP contribution is -2.19. The van der Waals surface area contributed by atoms with E-state index >= 15 is 0 Å². The van der Waals surface area contributed by atoms with E-state index in [1.165, 1.54) is 18.2 Å². The van der Waals surface area contributed by atoms with Crippen molar-refractivity contribution < 1.29 is 14.0 Å². The summed E-state index contributed by atoms with van der Waals surface area (Å²) in [5.74, 6) is -1.87. The maximum absolute atomic E-state index is 13.9. The molecule has 0 aliphatic rings. The monoisotopic (exact) mass is 272 g/mol. The molecule has 0 radical (unpaired) electrons. The number of halogens is 1. The zero-order valence-electron chi connectivity index (χ0n) is 10.8. The van der Waals surface area contributed by atoms with Crippen molar-refractivity contribution in [1.29, 1.82) is 0 Å². The number of hydrogen-bond acceptors (Lipinski definition) is 2. The molecule has 4 nitrogen and oxygen atoms in total. The Kier molecular flexibility index (Phi) is 3.79. The van der Waals surface area contributed by atoms with E-state index in [2.05, 4.69) is 5.32 Å². The summed E-state index contributed by atoms with van der Waals surface area (Å²) >= 11 is 0. The van der Waals surface area contributed by atoms with Crippen LogP contribution in [0.1, 0.15) is 26.3 Å². The van der Waals surface area contributed by atoms with Gasteiger partial charge in [-0.05, 0) is 30.7 Å². The summed E-state index contributed by atoms with van der Waals surface area (Å²) < 4.78 is 13.9. The molecule has 2 amide bonds. The van der Waals surface area contributed by atoms with Crippen LogP contribution in [0.4, 0.5) is 10.1 Å². The van der Waals surface area contributed by atoms with Crippen molar-refractivity contribution in [3.8, 4) is 0 Å². The van der Waals surface area contributed by atoms with Crippen LogP contribution < -0.4 is 11.1 Å². The molecular formula is C15H13FN2O2. The standard InChI is InChI=1S/C15H13FN2O2/c1-9-5-4-7-11(13(9)16)15(20)18-12-8-3-2-6-10(12)14(17)19/h2-8H,1H3,(H2,17,19)(H,18,20). The predicted octanol–water partition coefficient (Wildman–Crippen LogP) is 2.49. The van der Waals surface area contributed by atoms with E-state index in [4.69, 9.17) is 5.73 Å². The van der Waals surface area contributed by atoms with Crippen LogP contribution >= 0.6 is 0 Å². The summed E-state index contributed by atoms with van der Waals surface area (Å²) in [7, 11) is 0. The number of nitrogens with two attached hydrogens (primary N) is 1. The zero-order chi connectivity index (χ0) is 14.7. The maximum atomic E-state index is 13.9. The van der Waals surface area contributed by atoms with Crippen LogP contribution in [0.2, 0.25) is 0 Å². The van der Waals surface area contributed by atoms with Crippen molar-refractivity contribution >= 4 is 17.5 Å². The van der Waals surface area contributed by atoms with Gasteiger partial charge < -0.3 is 11.1 Å². The molecule has 3 N–H and O–H groups in total. The molecule has 0 aliphatic carbocycles. The summed E-state index contributed by atoms with van der Waals surface area (Å²) in [6.07, 6.45) is 0. The second-order valence-electron chi connectivity index (χ2n) is 4.30. The van der Waals surface area contributed by atoms with Crippen LogP contribution in [0.25, 0.3) is 0 Å². The third-order valence-corrected chi connectivity index (χ3v) is 2.88. The fourth-order valence-electron chi connectivity index (χ4n) is 1.82. The number of anilines is 1. The highest BCUT2D eigenvalue weighted by Gasteiger charge is 2.15. The van der Waals surface area contributed by atoms with Crippen molar-refractivity contribution in [3.63, 3.8) is 0 Å². The second-order valence-corrected chi connectivity index (χ2v) is 4.30. The predicted molar refractivity (Wildman–Crippen MR) is 74.1 cm³/mol. The van der Waals surface area contributed by atoms with Crippen LogP contribution in [-0.2, 0) is 0 Å². The minimum absolute atomic E-state index is 0.0794. The van der Waals surface area contributed by atoms with Gasteiger partial charge >= 0.3 is 0 Å². The smallest absolute Gasteiger partial charge is 0.258 e. The van der Waals surface area contributed by atoms with E-state index in [0.717, 1.165) is 0 Å². The minimum atomic E-state index is -0.661. The van der Waals surface area contributed by atoms with Crippen molar-refractivity contribution in [2.75, 3.05) is 5.32 Å². The maximum Gasteiger partial charge on any atom is 0.258 e. The Balaban J connectivity index is 2.33. The number of carbonyl (C=O) groups excluding carboxylic acids is 2. The number of nitrogens with one attached hydrogen (secondary N) is 1. The van der Waals surface area contributed by atoms with Crippen molar-refractivity contribution in [3.05, 3.63) is 65.0 Å². The molecule has 0 saturated carbocycles. The molecular weight excluding hydrogens is 259 g/mol. The van der Waals surface area contributed by atoms with E-state index in [1.807, 2.05) is 0 Å². The molecule has 0 atom stereocenters. The first kappa shape index (κ1) is 13.7. The Morgan fingerprint density at radius 1 is 1.05 bits per heavy atom. The zero-order valence-corrected chi connectivity index (χ0v) is 10.8. The van der Waals surface area contributed by atoms with Crippen molar-refractivity contribution in [2.45, 2.75) is 6.92 Å². The first-order chi connectivity index (χ1) is 9.50. The van der Waals surface area contributed by atoms with Gasteiger partial charge in [-0.2, -0.15) is 0 Å². The van der Waals surface area contributed by atoms with Crippen LogP contribution in [-0.4, -0.2) is 11.8 Å². The summed E-state index contributed by atoms with van der Waals surface area (Å²) in [5.41, 5.74) is 5.95. The number of aryl methyl sites for hydroxylation is 1. The third kappa shape index (κ3) is 2.66. The van der Waals surface area contributed by atoms with Crippen molar-refractivity contribution in [2.24, 2.45) is 5.73 Å². The number of amides is 2. The van der Waals surface area contributed by atoms with E-state index in [0.29, 0.717) is 5.56 Å². The molecule has 0 bridgehead atoms. The summed E-state index contributed by atoms with van der Waals surface area (Å²) in [6, 6.07) is 10.8. The molecule has 2 aromatic carbocycles. The molecule has 0 aliphatic heterocycles. The first-order valence-electron chi connectivity index (χ1n) is 5.96. The fraction of sp³-hybridized carbons (Fsp3) is 0.0667. The third-order valence-electron chi connectivity index (χ3n) is 2.88.